The lowest BCUT2D eigenvalue weighted by molar-refractivity contribution is 0.0618. The molecule has 0 aliphatic carbocycles. The van der Waals surface area contributed by atoms with E-state index in [0.29, 0.717) is 22.2 Å². The summed E-state index contributed by atoms with van der Waals surface area (Å²) in [5, 5.41) is 4.35. The quantitative estimate of drug-likeness (QED) is 0.925. The van der Waals surface area contributed by atoms with Gasteiger partial charge in [0, 0.05) is 24.2 Å². The van der Waals surface area contributed by atoms with Crippen molar-refractivity contribution in [1.29, 1.82) is 0 Å². The Morgan fingerprint density at radius 2 is 2.24 bits per heavy atom. The maximum absolute atomic E-state index is 12.5. The van der Waals surface area contributed by atoms with Gasteiger partial charge in [0.15, 0.2) is 11.3 Å². The number of piperidine rings is 3. The summed E-state index contributed by atoms with van der Waals surface area (Å²) < 4.78 is 5.39. The van der Waals surface area contributed by atoms with Gasteiger partial charge in [-0.3, -0.25) is 4.79 Å². The van der Waals surface area contributed by atoms with Crippen molar-refractivity contribution < 1.29 is 9.21 Å². The lowest BCUT2D eigenvalue weighted by Gasteiger charge is -2.44. The molecule has 3 aliphatic heterocycles. The molecular weight excluding hydrogens is 290 g/mol. The van der Waals surface area contributed by atoms with Gasteiger partial charge >= 0.3 is 0 Å². The Hall–Kier alpha value is -1.59. The number of carbonyl (C=O) groups is 1. The average molecular weight is 306 g/mol. The van der Waals surface area contributed by atoms with Crippen LogP contribution in [0, 0.1) is 5.92 Å². The maximum Gasteiger partial charge on any atom is 0.274 e. The van der Waals surface area contributed by atoms with Crippen molar-refractivity contribution in [3.8, 4) is 0 Å². The largest absolute Gasteiger partial charge is 0.460 e. The van der Waals surface area contributed by atoms with Crippen molar-refractivity contribution in [1.82, 2.24) is 15.2 Å². The number of nitrogens with one attached hydrogen (secondary N) is 1. The summed E-state index contributed by atoms with van der Waals surface area (Å²) in [4.78, 5) is 19.1. The first-order valence-electron chi connectivity index (χ1n) is 7.27. The fraction of sp³-hybridized carbons (Fsp3) is 0.467. The molecule has 1 N–H and O–H groups in total. The van der Waals surface area contributed by atoms with E-state index in [1.165, 1.54) is 6.26 Å². The third-order valence-corrected chi connectivity index (χ3v) is 4.92. The Kier molecular flexibility index (Phi) is 3.12. The SMILES string of the molecule is O=C(N[C@H]1CN2CCC1CC2)c1nccc2c(Cl)coc12. The summed E-state index contributed by atoms with van der Waals surface area (Å²) in [6.45, 7) is 3.24. The van der Waals surface area contributed by atoms with E-state index < -0.39 is 0 Å². The molecule has 2 aromatic heterocycles. The van der Waals surface area contributed by atoms with E-state index in [2.05, 4.69) is 15.2 Å². The lowest BCUT2D eigenvalue weighted by Crippen LogP contribution is -2.57. The number of nitrogens with zero attached hydrogens (tertiary/aromatic N) is 2. The Labute approximate surface area is 127 Å². The van der Waals surface area contributed by atoms with Crippen LogP contribution < -0.4 is 5.32 Å². The number of rotatable bonds is 2. The molecule has 3 fully saturated rings. The Bertz CT molecular complexity index is 691. The summed E-state index contributed by atoms with van der Waals surface area (Å²) >= 11 is 6.03. The molecule has 1 amide bonds. The Morgan fingerprint density at radius 3 is 2.95 bits per heavy atom. The van der Waals surface area contributed by atoms with Crippen LogP contribution in [0.4, 0.5) is 0 Å². The second kappa shape index (κ2) is 5.00. The van der Waals surface area contributed by atoms with Crippen molar-refractivity contribution >= 4 is 28.5 Å². The van der Waals surface area contributed by atoms with Crippen LogP contribution in [0.2, 0.25) is 5.02 Å². The minimum absolute atomic E-state index is 0.176. The van der Waals surface area contributed by atoms with E-state index in [1.807, 2.05) is 0 Å². The van der Waals surface area contributed by atoms with Gasteiger partial charge in [0.05, 0.1) is 5.02 Å². The van der Waals surface area contributed by atoms with Gasteiger partial charge < -0.3 is 14.6 Å². The van der Waals surface area contributed by atoms with Crippen LogP contribution in [0.3, 0.4) is 0 Å². The number of furan rings is 1. The van der Waals surface area contributed by atoms with Gasteiger partial charge in [0.1, 0.15) is 6.26 Å². The van der Waals surface area contributed by atoms with Gasteiger partial charge in [-0.2, -0.15) is 0 Å². The molecule has 6 heteroatoms. The number of aromatic nitrogens is 1. The van der Waals surface area contributed by atoms with Crippen LogP contribution in [0.5, 0.6) is 0 Å². The Morgan fingerprint density at radius 1 is 1.43 bits per heavy atom. The molecule has 5 heterocycles. The topological polar surface area (TPSA) is 58.4 Å². The third kappa shape index (κ3) is 2.21. The van der Waals surface area contributed by atoms with Crippen LogP contribution >= 0.6 is 11.6 Å². The fourth-order valence-electron chi connectivity index (χ4n) is 3.46. The zero-order valence-electron chi connectivity index (χ0n) is 11.5. The van der Waals surface area contributed by atoms with Gasteiger partial charge in [-0.05, 0) is 37.9 Å². The summed E-state index contributed by atoms with van der Waals surface area (Å²) in [7, 11) is 0. The molecule has 0 aromatic carbocycles. The van der Waals surface area contributed by atoms with Crippen molar-refractivity contribution in [3.63, 3.8) is 0 Å². The normalized spacial score (nSPS) is 28.0. The van der Waals surface area contributed by atoms with Crippen LogP contribution in [0.1, 0.15) is 23.3 Å². The van der Waals surface area contributed by atoms with E-state index in [4.69, 9.17) is 16.0 Å². The molecule has 1 atom stereocenters. The highest BCUT2D eigenvalue weighted by Crippen LogP contribution is 2.29. The van der Waals surface area contributed by atoms with Crippen molar-refractivity contribution in [3.05, 3.63) is 29.2 Å². The molecule has 0 unspecified atom stereocenters. The average Bonchev–Trinajstić information content (AvgIpc) is 2.90. The highest BCUT2D eigenvalue weighted by molar-refractivity contribution is 6.35. The van der Waals surface area contributed by atoms with E-state index in [-0.39, 0.29) is 11.9 Å². The zero-order valence-corrected chi connectivity index (χ0v) is 12.3. The number of hydrogen-bond donors (Lipinski definition) is 1. The minimum atomic E-state index is -0.176. The second-order valence-electron chi connectivity index (χ2n) is 5.84. The van der Waals surface area contributed by atoms with Crippen LogP contribution in [-0.2, 0) is 0 Å². The number of amides is 1. The smallest absolute Gasteiger partial charge is 0.274 e. The molecule has 110 valence electrons. The van der Waals surface area contributed by atoms with Crippen LogP contribution in [0.25, 0.3) is 11.0 Å². The van der Waals surface area contributed by atoms with E-state index in [0.717, 1.165) is 37.9 Å². The predicted octanol–water partition coefficient (Wildman–Crippen LogP) is 2.31. The number of carbonyl (C=O) groups excluding carboxylic acids is 1. The molecule has 2 aromatic rings. The van der Waals surface area contributed by atoms with Gasteiger partial charge in [-0.15, -0.1) is 0 Å². The molecule has 21 heavy (non-hydrogen) atoms. The number of hydrogen-bond acceptors (Lipinski definition) is 4. The summed E-state index contributed by atoms with van der Waals surface area (Å²) in [5.74, 6) is 0.406. The number of fused-ring (bicyclic) bond motifs is 4. The van der Waals surface area contributed by atoms with Crippen molar-refractivity contribution in [2.75, 3.05) is 19.6 Å². The summed E-state index contributed by atoms with van der Waals surface area (Å²) in [6, 6.07) is 1.97. The lowest BCUT2D eigenvalue weighted by atomic mass is 9.84. The standard InChI is InChI=1S/C15H16ClN3O2/c16-11-8-21-14-10(11)1-4-17-13(14)15(20)18-12-7-19-5-2-9(12)3-6-19/h1,4,8-9,12H,2-3,5-7H2,(H,18,20)/t12-/m0/s1. The van der Waals surface area contributed by atoms with Crippen LogP contribution in [0.15, 0.2) is 22.9 Å². The van der Waals surface area contributed by atoms with E-state index in [1.54, 1.807) is 12.3 Å². The Balaban J connectivity index is 1.59. The van der Waals surface area contributed by atoms with Gasteiger partial charge in [-0.1, -0.05) is 11.6 Å². The van der Waals surface area contributed by atoms with Crippen molar-refractivity contribution in [2.45, 2.75) is 18.9 Å². The molecule has 5 rings (SSSR count). The van der Waals surface area contributed by atoms with Gasteiger partial charge in [0.25, 0.3) is 5.91 Å². The highest BCUT2D eigenvalue weighted by atomic mass is 35.5. The first-order chi connectivity index (χ1) is 10.2. The summed E-state index contributed by atoms with van der Waals surface area (Å²) in [5.41, 5.74) is 0.775. The minimum Gasteiger partial charge on any atom is -0.460 e. The maximum atomic E-state index is 12.5. The molecule has 0 radical (unpaired) electrons. The molecular formula is C15H16ClN3O2. The first-order valence-corrected chi connectivity index (χ1v) is 7.65. The van der Waals surface area contributed by atoms with Gasteiger partial charge in [-0.25, -0.2) is 4.98 Å². The predicted molar refractivity (Wildman–Crippen MR) is 79.4 cm³/mol. The number of halogens is 1. The molecule has 0 spiro atoms. The molecule has 0 saturated carbocycles. The second-order valence-corrected chi connectivity index (χ2v) is 6.25. The first kappa shape index (κ1) is 13.1. The fourth-order valence-corrected chi connectivity index (χ4v) is 3.65. The number of pyridine rings is 1. The van der Waals surface area contributed by atoms with Gasteiger partial charge in [0.2, 0.25) is 0 Å². The zero-order chi connectivity index (χ0) is 14.4. The molecule has 2 bridgehead atoms. The third-order valence-electron chi connectivity index (χ3n) is 4.63. The molecule has 3 saturated heterocycles. The highest BCUT2D eigenvalue weighted by Gasteiger charge is 2.35. The monoisotopic (exact) mass is 305 g/mol. The molecule has 5 nitrogen and oxygen atoms in total. The summed E-state index contributed by atoms with van der Waals surface area (Å²) in [6.07, 6.45) is 5.36. The van der Waals surface area contributed by atoms with E-state index in [9.17, 15) is 4.79 Å². The van der Waals surface area contributed by atoms with E-state index >= 15 is 0 Å². The molecule has 3 aliphatic rings. The van der Waals surface area contributed by atoms with Crippen LogP contribution in [-0.4, -0.2) is 41.5 Å². The van der Waals surface area contributed by atoms with Crippen molar-refractivity contribution in [2.24, 2.45) is 5.92 Å².